The number of hydrogen-bond acceptors (Lipinski definition) is 6. The number of nitrogens with one attached hydrogen (secondary N) is 1. The molecule has 2 aromatic heterocycles. The Labute approximate surface area is 153 Å². The van der Waals surface area contributed by atoms with Crippen LogP contribution in [0.4, 0.5) is 11.6 Å². The van der Waals surface area contributed by atoms with Crippen LogP contribution in [0.1, 0.15) is 39.7 Å². The first-order valence-corrected chi connectivity index (χ1v) is 8.59. The Morgan fingerprint density at radius 1 is 1.31 bits per heavy atom. The van der Waals surface area contributed by atoms with Crippen LogP contribution in [0.25, 0.3) is 5.57 Å². The highest BCUT2D eigenvalue weighted by atomic mass is 16.1. The molecule has 2 rings (SSSR count). The highest BCUT2D eigenvalue weighted by molar-refractivity contribution is 6.10. The number of nitrogens with zero attached hydrogens (tertiary/aromatic N) is 4. The standard InChI is InChI=1S/C19H26N6O/c1-5-8-25-13-16(6-7-17(25)26)21-10-14(9-20)15-11-22-18(23-12-15)24-19(2,3)4/h6-7,9-13H,5,8,20H2,1-4H3,(H,22,23,24). The van der Waals surface area contributed by atoms with E-state index < -0.39 is 0 Å². The summed E-state index contributed by atoms with van der Waals surface area (Å²) in [4.78, 5) is 24.8. The molecule has 0 unspecified atom stereocenters. The number of rotatable bonds is 6. The minimum atomic E-state index is -0.114. The van der Waals surface area contributed by atoms with Crippen molar-refractivity contribution in [2.75, 3.05) is 5.32 Å². The van der Waals surface area contributed by atoms with Crippen molar-refractivity contribution in [1.29, 1.82) is 0 Å². The molecule has 0 saturated carbocycles. The first kappa shape index (κ1) is 19.4. The maximum atomic E-state index is 11.8. The molecule has 3 N–H and O–H groups in total. The molecule has 0 aliphatic carbocycles. The number of hydrogen-bond donors (Lipinski definition) is 2. The summed E-state index contributed by atoms with van der Waals surface area (Å²) in [6.45, 7) is 8.81. The van der Waals surface area contributed by atoms with Gasteiger partial charge in [-0.3, -0.25) is 9.79 Å². The minimum absolute atomic E-state index is 0.0317. The molecular weight excluding hydrogens is 328 g/mol. The Kier molecular flexibility index (Phi) is 6.27. The number of aryl methyl sites for hydroxylation is 1. The van der Waals surface area contributed by atoms with Crippen LogP contribution in [0.15, 0.2) is 46.7 Å². The van der Waals surface area contributed by atoms with Crippen molar-refractivity contribution in [3.05, 3.63) is 52.8 Å². The van der Waals surface area contributed by atoms with E-state index in [1.807, 2.05) is 27.7 Å². The van der Waals surface area contributed by atoms with Gasteiger partial charge in [0.1, 0.15) is 0 Å². The first-order valence-electron chi connectivity index (χ1n) is 8.59. The van der Waals surface area contributed by atoms with Crippen LogP contribution in [-0.4, -0.2) is 26.3 Å². The summed E-state index contributed by atoms with van der Waals surface area (Å²) >= 11 is 0. The van der Waals surface area contributed by atoms with E-state index in [-0.39, 0.29) is 11.1 Å². The highest BCUT2D eigenvalue weighted by Gasteiger charge is 2.11. The van der Waals surface area contributed by atoms with Gasteiger partial charge in [-0.1, -0.05) is 6.92 Å². The SMILES string of the molecule is CCCn1cc(N=CC(=CN)c2cnc(NC(C)(C)C)nc2)ccc1=O. The van der Waals surface area contributed by atoms with Crippen LogP contribution >= 0.6 is 0 Å². The molecule has 7 heteroatoms. The highest BCUT2D eigenvalue weighted by Crippen LogP contribution is 2.15. The molecule has 0 fully saturated rings. The fourth-order valence-corrected chi connectivity index (χ4v) is 2.25. The lowest BCUT2D eigenvalue weighted by Gasteiger charge is -2.20. The largest absolute Gasteiger partial charge is 0.404 e. The van der Waals surface area contributed by atoms with Crippen molar-refractivity contribution in [2.45, 2.75) is 46.2 Å². The lowest BCUT2D eigenvalue weighted by molar-refractivity contribution is 0.626. The second kappa shape index (κ2) is 8.42. The van der Waals surface area contributed by atoms with Crippen LogP contribution in [0.5, 0.6) is 0 Å². The third-order valence-electron chi connectivity index (χ3n) is 3.44. The van der Waals surface area contributed by atoms with Crippen molar-refractivity contribution in [3.63, 3.8) is 0 Å². The molecule has 0 saturated heterocycles. The van der Waals surface area contributed by atoms with Crippen molar-refractivity contribution in [2.24, 2.45) is 10.7 Å². The zero-order valence-corrected chi connectivity index (χ0v) is 15.7. The lowest BCUT2D eigenvalue weighted by Crippen LogP contribution is -2.27. The van der Waals surface area contributed by atoms with Crippen molar-refractivity contribution < 1.29 is 0 Å². The summed E-state index contributed by atoms with van der Waals surface area (Å²) in [5.74, 6) is 0.557. The monoisotopic (exact) mass is 354 g/mol. The molecule has 138 valence electrons. The molecule has 0 radical (unpaired) electrons. The summed E-state index contributed by atoms with van der Waals surface area (Å²) in [7, 11) is 0. The molecule has 2 aromatic rings. The van der Waals surface area contributed by atoms with Gasteiger partial charge in [-0.15, -0.1) is 0 Å². The van der Waals surface area contributed by atoms with Crippen LogP contribution in [-0.2, 0) is 6.54 Å². The number of pyridine rings is 1. The predicted molar refractivity (Wildman–Crippen MR) is 107 cm³/mol. The fraction of sp³-hybridized carbons (Fsp3) is 0.368. The molecule has 0 bridgehead atoms. The fourth-order valence-electron chi connectivity index (χ4n) is 2.25. The maximum absolute atomic E-state index is 11.8. The van der Waals surface area contributed by atoms with E-state index in [4.69, 9.17) is 5.73 Å². The number of allylic oxidation sites excluding steroid dienone is 1. The Hall–Kier alpha value is -2.96. The molecule has 7 nitrogen and oxygen atoms in total. The van der Waals surface area contributed by atoms with E-state index in [2.05, 4.69) is 20.3 Å². The predicted octanol–water partition coefficient (Wildman–Crippen LogP) is 2.96. The Bertz CT molecular complexity index is 844. The normalized spacial score (nSPS) is 12.5. The van der Waals surface area contributed by atoms with Gasteiger partial charge in [-0.25, -0.2) is 9.97 Å². The summed E-state index contributed by atoms with van der Waals surface area (Å²) < 4.78 is 1.65. The summed E-state index contributed by atoms with van der Waals surface area (Å²) in [5, 5.41) is 3.21. The van der Waals surface area contributed by atoms with Crippen LogP contribution < -0.4 is 16.6 Å². The van der Waals surface area contributed by atoms with E-state index in [0.717, 1.165) is 12.0 Å². The second-order valence-electron chi connectivity index (χ2n) is 6.97. The van der Waals surface area contributed by atoms with Crippen molar-refractivity contribution in [3.8, 4) is 0 Å². The van der Waals surface area contributed by atoms with Crippen molar-refractivity contribution >= 4 is 23.4 Å². The van der Waals surface area contributed by atoms with Crippen LogP contribution in [0.2, 0.25) is 0 Å². The topological polar surface area (TPSA) is 98.2 Å². The van der Waals surface area contributed by atoms with Gasteiger partial charge >= 0.3 is 0 Å². The van der Waals surface area contributed by atoms with Gasteiger partial charge in [0.2, 0.25) is 5.95 Å². The average Bonchev–Trinajstić information content (AvgIpc) is 2.58. The molecule has 0 aliphatic rings. The van der Waals surface area contributed by atoms with Gasteiger partial charge in [0.15, 0.2) is 0 Å². The number of aliphatic imine (C=N–C) groups is 1. The van der Waals surface area contributed by atoms with Gasteiger partial charge in [0, 0.05) is 60.3 Å². The molecule has 0 aliphatic heterocycles. The first-order chi connectivity index (χ1) is 12.3. The van der Waals surface area contributed by atoms with E-state index in [1.54, 1.807) is 35.4 Å². The van der Waals surface area contributed by atoms with E-state index in [0.29, 0.717) is 23.8 Å². The molecule has 26 heavy (non-hydrogen) atoms. The molecule has 0 amide bonds. The Morgan fingerprint density at radius 3 is 2.58 bits per heavy atom. The minimum Gasteiger partial charge on any atom is -0.404 e. The number of nitrogens with two attached hydrogens (primary N) is 1. The van der Waals surface area contributed by atoms with E-state index in [1.165, 1.54) is 12.3 Å². The van der Waals surface area contributed by atoms with Gasteiger partial charge in [0.05, 0.1) is 5.69 Å². The lowest BCUT2D eigenvalue weighted by atomic mass is 10.1. The van der Waals surface area contributed by atoms with Gasteiger partial charge in [-0.05, 0) is 33.3 Å². The Morgan fingerprint density at radius 2 is 2.00 bits per heavy atom. The Balaban J connectivity index is 2.18. The molecular formula is C19H26N6O. The molecule has 2 heterocycles. The summed E-state index contributed by atoms with van der Waals surface area (Å²) in [5.41, 5.74) is 7.73. The zero-order valence-electron chi connectivity index (χ0n) is 15.7. The van der Waals surface area contributed by atoms with Crippen molar-refractivity contribution in [1.82, 2.24) is 14.5 Å². The molecule has 0 atom stereocenters. The summed E-state index contributed by atoms with van der Waals surface area (Å²) in [6, 6.07) is 3.20. The van der Waals surface area contributed by atoms with Gasteiger partial charge in [0.25, 0.3) is 5.56 Å². The van der Waals surface area contributed by atoms with Crippen LogP contribution in [0.3, 0.4) is 0 Å². The zero-order chi connectivity index (χ0) is 19.2. The quantitative estimate of drug-likeness (QED) is 0.777. The van der Waals surface area contributed by atoms with Gasteiger partial charge in [-0.2, -0.15) is 0 Å². The van der Waals surface area contributed by atoms with Crippen LogP contribution in [0, 0.1) is 0 Å². The number of anilines is 1. The molecule has 0 spiro atoms. The third kappa shape index (κ3) is 5.54. The average molecular weight is 354 g/mol. The van der Waals surface area contributed by atoms with E-state index in [9.17, 15) is 4.79 Å². The number of aromatic nitrogens is 3. The smallest absolute Gasteiger partial charge is 0.250 e. The maximum Gasteiger partial charge on any atom is 0.250 e. The molecule has 0 aromatic carbocycles. The third-order valence-corrected chi connectivity index (χ3v) is 3.44. The second-order valence-corrected chi connectivity index (χ2v) is 6.97. The van der Waals surface area contributed by atoms with Gasteiger partial charge < -0.3 is 15.6 Å². The summed E-state index contributed by atoms with van der Waals surface area (Å²) in [6.07, 6.45) is 9.12. The van der Waals surface area contributed by atoms with E-state index >= 15 is 0 Å².